The molecule has 1 aliphatic carbocycles. The fourth-order valence-corrected chi connectivity index (χ4v) is 6.96. The van der Waals surface area contributed by atoms with Gasteiger partial charge in [0.2, 0.25) is 0 Å². The summed E-state index contributed by atoms with van der Waals surface area (Å²) in [6, 6.07) is 13.6. The highest BCUT2D eigenvalue weighted by Crippen LogP contribution is 2.35. The fraction of sp³-hybridized carbons (Fsp3) is 0.511. The third-order valence-corrected chi connectivity index (χ3v) is 10.6. The minimum atomic E-state index is -0.650. The number of hydrogen-bond donors (Lipinski definition) is 3. The van der Waals surface area contributed by atoms with Crippen LogP contribution >= 0.6 is 0 Å². The Morgan fingerprint density at radius 1 is 0.839 bits per heavy atom. The smallest absolute Gasteiger partial charge is 0.357 e. The second-order valence-electron chi connectivity index (χ2n) is 15.2. The first-order valence-corrected chi connectivity index (χ1v) is 21.0. The molecular formula is C47H64N4O5. The first-order chi connectivity index (χ1) is 27.2. The SMILES string of the molecule is C=Cc1cc(C(=O)Cc2ccc(C(=N)N)cc2)c(-c2ccc(C(=O)NCC3CC3)nc2C(=O)OCCCCCCCCCCCCCCCCCC)cc1OC. The molecule has 1 heterocycles. The van der Waals surface area contributed by atoms with E-state index in [0.717, 1.165) is 37.7 Å². The number of ether oxygens (including phenoxy) is 2. The van der Waals surface area contributed by atoms with Gasteiger partial charge in [-0.2, -0.15) is 0 Å². The molecular weight excluding hydrogens is 701 g/mol. The lowest BCUT2D eigenvalue weighted by atomic mass is 9.90. The number of nitrogen functional groups attached to an aromatic ring is 1. The van der Waals surface area contributed by atoms with Crippen LogP contribution in [0, 0.1) is 11.3 Å². The highest BCUT2D eigenvalue weighted by molar-refractivity contribution is 6.07. The van der Waals surface area contributed by atoms with Crippen molar-refractivity contribution in [1.29, 1.82) is 5.41 Å². The summed E-state index contributed by atoms with van der Waals surface area (Å²) in [5.41, 5.74) is 8.76. The normalized spacial score (nSPS) is 12.2. The van der Waals surface area contributed by atoms with Crippen LogP contribution in [0.4, 0.5) is 0 Å². The minimum Gasteiger partial charge on any atom is -0.496 e. The molecule has 1 aliphatic rings. The quantitative estimate of drug-likeness (QED) is 0.0219. The van der Waals surface area contributed by atoms with Gasteiger partial charge in [-0.25, -0.2) is 9.78 Å². The van der Waals surface area contributed by atoms with Crippen LogP contribution in [0.15, 0.2) is 55.1 Å². The summed E-state index contributed by atoms with van der Waals surface area (Å²) < 4.78 is 11.4. The maximum atomic E-state index is 14.0. The summed E-state index contributed by atoms with van der Waals surface area (Å²) in [6.45, 7) is 6.96. The van der Waals surface area contributed by atoms with Crippen molar-refractivity contribution in [2.75, 3.05) is 20.3 Å². The molecule has 0 unspecified atom stereocenters. The van der Waals surface area contributed by atoms with E-state index in [1.165, 1.54) is 90.6 Å². The lowest BCUT2D eigenvalue weighted by Crippen LogP contribution is -2.27. The van der Waals surface area contributed by atoms with Crippen LogP contribution in [0.1, 0.15) is 171 Å². The van der Waals surface area contributed by atoms with Crippen molar-refractivity contribution in [3.8, 4) is 16.9 Å². The zero-order valence-corrected chi connectivity index (χ0v) is 33.9. The molecule has 0 atom stereocenters. The molecule has 9 heteroatoms. The average molecular weight is 765 g/mol. The van der Waals surface area contributed by atoms with Gasteiger partial charge in [0, 0.05) is 35.2 Å². The number of pyridine rings is 1. The van der Waals surface area contributed by atoms with Gasteiger partial charge in [-0.15, -0.1) is 0 Å². The third kappa shape index (κ3) is 14.4. The molecule has 4 N–H and O–H groups in total. The molecule has 0 aliphatic heterocycles. The highest BCUT2D eigenvalue weighted by atomic mass is 16.5. The Hall–Kier alpha value is -4.79. The van der Waals surface area contributed by atoms with Crippen LogP contribution in [0.25, 0.3) is 17.2 Å². The van der Waals surface area contributed by atoms with Gasteiger partial charge in [0.1, 0.15) is 17.3 Å². The van der Waals surface area contributed by atoms with E-state index in [1.807, 2.05) is 0 Å². The standard InChI is InChI=1S/C47H64N4O5/c1-4-6-7-8-9-10-11-12-13-14-15-16-17-18-19-20-29-56-47(54)44-38(27-28-41(51-44)46(53)50-33-35-21-22-35)39-32-43(55-3)36(5-2)31-40(39)42(52)30-34-23-25-37(26-24-34)45(48)49/h5,23-28,31-32,35H,2,4,6-22,29-30,33H2,1,3H3,(H3,48,49)(H,50,53). The van der Waals surface area contributed by atoms with E-state index in [4.69, 9.17) is 20.6 Å². The monoisotopic (exact) mass is 764 g/mol. The molecule has 0 bridgehead atoms. The van der Waals surface area contributed by atoms with E-state index in [1.54, 1.807) is 54.6 Å². The zero-order valence-electron chi connectivity index (χ0n) is 33.9. The van der Waals surface area contributed by atoms with Gasteiger partial charge in [0.25, 0.3) is 5.91 Å². The Labute approximate surface area is 334 Å². The van der Waals surface area contributed by atoms with E-state index in [2.05, 4.69) is 23.8 Å². The van der Waals surface area contributed by atoms with Crippen LogP contribution in [0.3, 0.4) is 0 Å². The van der Waals surface area contributed by atoms with Crippen LogP contribution < -0.4 is 15.8 Å². The summed E-state index contributed by atoms with van der Waals surface area (Å²) in [5, 5.41) is 10.6. The number of amidine groups is 1. The number of carbonyl (C=O) groups excluding carboxylic acids is 3. The molecule has 0 radical (unpaired) electrons. The molecule has 1 saturated carbocycles. The van der Waals surface area contributed by atoms with Crippen LogP contribution in [-0.4, -0.2) is 48.7 Å². The van der Waals surface area contributed by atoms with Crippen molar-refractivity contribution in [2.45, 2.75) is 129 Å². The Morgan fingerprint density at radius 2 is 1.43 bits per heavy atom. The number of nitrogens with one attached hydrogen (secondary N) is 2. The lowest BCUT2D eigenvalue weighted by molar-refractivity contribution is 0.0491. The van der Waals surface area contributed by atoms with Crippen molar-refractivity contribution in [1.82, 2.24) is 10.3 Å². The van der Waals surface area contributed by atoms with Gasteiger partial charge in [0.15, 0.2) is 11.5 Å². The van der Waals surface area contributed by atoms with E-state index in [9.17, 15) is 14.4 Å². The lowest BCUT2D eigenvalue weighted by Gasteiger charge is -2.17. The molecule has 1 amide bonds. The van der Waals surface area contributed by atoms with Gasteiger partial charge in [-0.05, 0) is 60.6 Å². The first kappa shape index (κ1) is 43.9. The number of rotatable bonds is 28. The molecule has 2 aromatic carbocycles. The average Bonchev–Trinajstić information content (AvgIpc) is 4.05. The van der Waals surface area contributed by atoms with Gasteiger partial charge >= 0.3 is 5.97 Å². The van der Waals surface area contributed by atoms with Gasteiger partial charge in [0.05, 0.1) is 13.7 Å². The van der Waals surface area contributed by atoms with Crippen molar-refractivity contribution in [3.63, 3.8) is 0 Å². The second kappa shape index (κ2) is 24.0. The van der Waals surface area contributed by atoms with Crippen molar-refractivity contribution in [3.05, 3.63) is 88.8 Å². The molecule has 4 rings (SSSR count). The second-order valence-corrected chi connectivity index (χ2v) is 15.2. The molecule has 0 saturated heterocycles. The van der Waals surface area contributed by atoms with Crippen LogP contribution in [-0.2, 0) is 11.2 Å². The Morgan fingerprint density at radius 3 is 1.96 bits per heavy atom. The number of aromatic nitrogens is 1. The van der Waals surface area contributed by atoms with Crippen LogP contribution in [0.2, 0.25) is 0 Å². The largest absolute Gasteiger partial charge is 0.496 e. The topological polar surface area (TPSA) is 144 Å². The van der Waals surface area contributed by atoms with Crippen molar-refractivity contribution < 1.29 is 23.9 Å². The molecule has 1 fully saturated rings. The third-order valence-electron chi connectivity index (χ3n) is 10.6. The maximum absolute atomic E-state index is 14.0. The van der Waals surface area contributed by atoms with E-state index in [0.29, 0.717) is 46.0 Å². The minimum absolute atomic E-state index is 0.0335. The van der Waals surface area contributed by atoms with E-state index in [-0.39, 0.29) is 41.9 Å². The summed E-state index contributed by atoms with van der Waals surface area (Å²) >= 11 is 0. The molecule has 302 valence electrons. The highest BCUT2D eigenvalue weighted by Gasteiger charge is 2.26. The Balaban J connectivity index is 1.40. The molecule has 0 spiro atoms. The predicted molar refractivity (Wildman–Crippen MR) is 227 cm³/mol. The summed E-state index contributed by atoms with van der Waals surface area (Å²) in [6.07, 6.45) is 23.9. The number of Topliss-reactive ketones (excluding diaryl/α,β-unsaturated/α-hetero) is 1. The van der Waals surface area contributed by atoms with E-state index >= 15 is 0 Å². The number of ketones is 1. The van der Waals surface area contributed by atoms with Crippen molar-refractivity contribution >= 4 is 29.6 Å². The fourth-order valence-electron chi connectivity index (χ4n) is 6.96. The summed E-state index contributed by atoms with van der Waals surface area (Å²) in [5.74, 6) is -0.327. The number of unbranched alkanes of at least 4 members (excludes halogenated alkanes) is 15. The van der Waals surface area contributed by atoms with Crippen molar-refractivity contribution in [2.24, 2.45) is 11.7 Å². The number of nitrogens with zero attached hydrogens (tertiary/aromatic N) is 1. The number of carbonyl (C=O) groups is 3. The number of methoxy groups -OCH3 is 1. The number of amides is 1. The maximum Gasteiger partial charge on any atom is 0.357 e. The summed E-state index contributed by atoms with van der Waals surface area (Å²) in [7, 11) is 1.53. The van der Waals surface area contributed by atoms with Crippen LogP contribution in [0.5, 0.6) is 5.75 Å². The summed E-state index contributed by atoms with van der Waals surface area (Å²) in [4.78, 5) is 45.5. The Kier molecular flexibility index (Phi) is 18.8. The van der Waals surface area contributed by atoms with Gasteiger partial charge in [-0.3, -0.25) is 15.0 Å². The first-order valence-electron chi connectivity index (χ1n) is 21.0. The number of esters is 1. The van der Waals surface area contributed by atoms with E-state index < -0.39 is 5.97 Å². The predicted octanol–water partition coefficient (Wildman–Crippen LogP) is 10.7. The van der Waals surface area contributed by atoms with Gasteiger partial charge in [-0.1, -0.05) is 140 Å². The molecule has 3 aromatic rings. The Bertz CT molecular complexity index is 1750. The zero-order chi connectivity index (χ0) is 40.1. The number of nitrogens with two attached hydrogens (primary N) is 1. The number of benzene rings is 2. The van der Waals surface area contributed by atoms with Gasteiger partial charge < -0.3 is 20.5 Å². The molecule has 9 nitrogen and oxygen atoms in total. The molecule has 1 aromatic heterocycles. The number of hydrogen-bond acceptors (Lipinski definition) is 7. The molecule has 56 heavy (non-hydrogen) atoms.